The minimum absolute atomic E-state index is 0.0310. The molecule has 2 rings (SSSR count). The molecule has 1 aromatic heterocycles. The fraction of sp³-hybridized carbons (Fsp3) is 0.615. The van der Waals surface area contributed by atoms with Gasteiger partial charge in [0.25, 0.3) is 0 Å². The molecule has 2 amide bonds. The van der Waals surface area contributed by atoms with Crippen LogP contribution in [0.4, 0.5) is 0 Å². The molecule has 6 heteroatoms. The molecule has 1 fully saturated rings. The van der Waals surface area contributed by atoms with Crippen LogP contribution in [-0.4, -0.2) is 40.8 Å². The third-order valence-electron chi connectivity index (χ3n) is 3.11. The van der Waals surface area contributed by atoms with Crippen LogP contribution in [0, 0.1) is 5.92 Å². The molecule has 1 aliphatic rings. The smallest absolute Gasteiger partial charge is 0.245 e. The fourth-order valence-corrected chi connectivity index (χ4v) is 2.80. The Morgan fingerprint density at radius 3 is 2.95 bits per heavy atom. The molecule has 1 aromatic rings. The quantitative estimate of drug-likeness (QED) is 0.878. The first-order valence-electron chi connectivity index (χ1n) is 6.51. The summed E-state index contributed by atoms with van der Waals surface area (Å²) in [7, 11) is 0. The molecule has 1 N–H and O–H groups in total. The second-order valence-electron chi connectivity index (χ2n) is 5.24. The first-order chi connectivity index (χ1) is 9.06. The average molecular weight is 281 g/mol. The average Bonchev–Trinajstić information content (AvgIpc) is 2.84. The van der Waals surface area contributed by atoms with Gasteiger partial charge in [0.05, 0.1) is 17.7 Å². The van der Waals surface area contributed by atoms with Crippen molar-refractivity contribution in [2.75, 3.05) is 13.1 Å². The number of amides is 2. The Hall–Kier alpha value is -1.43. The van der Waals surface area contributed by atoms with Crippen LogP contribution in [0.25, 0.3) is 0 Å². The molecule has 1 saturated heterocycles. The van der Waals surface area contributed by atoms with Gasteiger partial charge in [-0.15, -0.1) is 11.3 Å². The van der Waals surface area contributed by atoms with Gasteiger partial charge in [0.15, 0.2) is 0 Å². The largest absolute Gasteiger partial charge is 0.343 e. The Morgan fingerprint density at radius 1 is 1.53 bits per heavy atom. The maximum absolute atomic E-state index is 12.3. The third kappa shape index (κ3) is 3.76. The molecule has 1 atom stereocenters. The van der Waals surface area contributed by atoms with E-state index in [1.807, 2.05) is 19.2 Å². The number of thiazole rings is 1. The molecule has 0 aromatic carbocycles. The van der Waals surface area contributed by atoms with Crippen molar-refractivity contribution in [1.29, 1.82) is 0 Å². The Morgan fingerprint density at radius 2 is 2.32 bits per heavy atom. The number of carbonyl (C=O) groups excluding carboxylic acids is 2. The van der Waals surface area contributed by atoms with Gasteiger partial charge in [-0.05, 0) is 12.3 Å². The Balaban J connectivity index is 1.95. The maximum atomic E-state index is 12.3. The monoisotopic (exact) mass is 281 g/mol. The van der Waals surface area contributed by atoms with Crippen molar-refractivity contribution in [3.05, 3.63) is 16.6 Å². The molecule has 0 saturated carbocycles. The van der Waals surface area contributed by atoms with E-state index in [1.165, 1.54) is 0 Å². The van der Waals surface area contributed by atoms with Gasteiger partial charge in [0, 0.05) is 18.3 Å². The van der Waals surface area contributed by atoms with Crippen LogP contribution in [0.2, 0.25) is 0 Å². The van der Waals surface area contributed by atoms with Crippen molar-refractivity contribution < 1.29 is 9.59 Å². The predicted molar refractivity (Wildman–Crippen MR) is 73.8 cm³/mol. The third-order valence-corrected chi connectivity index (χ3v) is 3.74. The Kier molecular flexibility index (Phi) is 4.52. The van der Waals surface area contributed by atoms with Gasteiger partial charge in [-0.3, -0.25) is 9.59 Å². The number of rotatable bonds is 5. The number of hydrogen-bond acceptors (Lipinski definition) is 4. The van der Waals surface area contributed by atoms with E-state index >= 15 is 0 Å². The lowest BCUT2D eigenvalue weighted by atomic mass is 10.0. The molecular formula is C13H19N3O2S. The number of nitrogens with zero attached hydrogens (tertiary/aromatic N) is 2. The van der Waals surface area contributed by atoms with Crippen LogP contribution in [0.3, 0.4) is 0 Å². The Labute approximate surface area is 117 Å². The summed E-state index contributed by atoms with van der Waals surface area (Å²) in [6.45, 7) is 4.82. The van der Waals surface area contributed by atoms with E-state index in [0.717, 1.165) is 5.69 Å². The van der Waals surface area contributed by atoms with E-state index in [9.17, 15) is 9.59 Å². The Bertz CT molecular complexity index is 445. The molecule has 2 heterocycles. The number of aromatic nitrogens is 1. The molecule has 19 heavy (non-hydrogen) atoms. The summed E-state index contributed by atoms with van der Waals surface area (Å²) in [5, 5.41) is 4.75. The van der Waals surface area contributed by atoms with Gasteiger partial charge in [-0.25, -0.2) is 4.98 Å². The number of carbonyl (C=O) groups is 2. The van der Waals surface area contributed by atoms with E-state index in [2.05, 4.69) is 10.3 Å². The minimum atomic E-state index is -0.364. The maximum Gasteiger partial charge on any atom is 0.245 e. The van der Waals surface area contributed by atoms with Gasteiger partial charge in [0.2, 0.25) is 11.8 Å². The van der Waals surface area contributed by atoms with Crippen molar-refractivity contribution >= 4 is 23.2 Å². The summed E-state index contributed by atoms with van der Waals surface area (Å²) in [5.41, 5.74) is 2.76. The summed E-state index contributed by atoms with van der Waals surface area (Å²) in [5.74, 6) is 0.347. The van der Waals surface area contributed by atoms with Crippen LogP contribution in [0.5, 0.6) is 0 Å². The number of piperazine rings is 1. The molecule has 0 aliphatic carbocycles. The van der Waals surface area contributed by atoms with Gasteiger partial charge < -0.3 is 10.2 Å². The van der Waals surface area contributed by atoms with Crippen molar-refractivity contribution in [1.82, 2.24) is 15.2 Å². The first-order valence-corrected chi connectivity index (χ1v) is 7.45. The van der Waals surface area contributed by atoms with Crippen molar-refractivity contribution in [3.8, 4) is 0 Å². The molecule has 5 nitrogen and oxygen atoms in total. The molecule has 0 spiro atoms. The highest BCUT2D eigenvalue weighted by molar-refractivity contribution is 7.07. The van der Waals surface area contributed by atoms with Crippen molar-refractivity contribution in [2.45, 2.75) is 32.7 Å². The van der Waals surface area contributed by atoms with E-state index in [1.54, 1.807) is 21.7 Å². The van der Waals surface area contributed by atoms with Crippen LogP contribution in [0.15, 0.2) is 10.9 Å². The summed E-state index contributed by atoms with van der Waals surface area (Å²) in [6, 6.07) is -0.364. The normalized spacial score (nSPS) is 19.9. The SMILES string of the molecule is CC(C)CC1NC(=O)CN(CCc2cscn2)C1=O. The van der Waals surface area contributed by atoms with Gasteiger partial charge >= 0.3 is 0 Å². The lowest BCUT2D eigenvalue weighted by molar-refractivity contribution is -0.144. The van der Waals surface area contributed by atoms with Crippen LogP contribution in [0.1, 0.15) is 26.0 Å². The molecule has 104 valence electrons. The highest BCUT2D eigenvalue weighted by atomic mass is 32.1. The highest BCUT2D eigenvalue weighted by Gasteiger charge is 2.32. The van der Waals surface area contributed by atoms with Crippen LogP contribution in [-0.2, 0) is 16.0 Å². The van der Waals surface area contributed by atoms with E-state index in [4.69, 9.17) is 0 Å². The lowest BCUT2D eigenvalue weighted by Crippen LogP contribution is -2.58. The van der Waals surface area contributed by atoms with E-state index in [-0.39, 0.29) is 24.4 Å². The number of hydrogen-bond donors (Lipinski definition) is 1. The van der Waals surface area contributed by atoms with Gasteiger partial charge in [-0.1, -0.05) is 13.8 Å². The summed E-state index contributed by atoms with van der Waals surface area (Å²) < 4.78 is 0. The zero-order valence-electron chi connectivity index (χ0n) is 11.3. The number of nitrogens with one attached hydrogen (secondary N) is 1. The van der Waals surface area contributed by atoms with E-state index in [0.29, 0.717) is 25.3 Å². The van der Waals surface area contributed by atoms with Crippen LogP contribution >= 0.6 is 11.3 Å². The fourth-order valence-electron chi connectivity index (χ4n) is 2.20. The highest BCUT2D eigenvalue weighted by Crippen LogP contribution is 2.12. The molecule has 1 unspecified atom stereocenters. The lowest BCUT2D eigenvalue weighted by Gasteiger charge is -2.33. The minimum Gasteiger partial charge on any atom is -0.343 e. The van der Waals surface area contributed by atoms with E-state index < -0.39 is 0 Å². The first kappa shape index (κ1) is 14.0. The topological polar surface area (TPSA) is 62.3 Å². The van der Waals surface area contributed by atoms with Gasteiger partial charge in [0.1, 0.15) is 6.04 Å². The summed E-state index contributed by atoms with van der Waals surface area (Å²) in [4.78, 5) is 29.7. The van der Waals surface area contributed by atoms with Crippen molar-refractivity contribution in [3.63, 3.8) is 0 Å². The van der Waals surface area contributed by atoms with Crippen LogP contribution < -0.4 is 5.32 Å². The molecular weight excluding hydrogens is 262 g/mol. The zero-order chi connectivity index (χ0) is 13.8. The molecule has 1 aliphatic heterocycles. The van der Waals surface area contributed by atoms with Gasteiger partial charge in [-0.2, -0.15) is 0 Å². The standard InChI is InChI=1S/C13H19N3O2S/c1-9(2)5-11-13(18)16(6-12(17)15-11)4-3-10-7-19-8-14-10/h7-9,11H,3-6H2,1-2H3,(H,15,17). The second-order valence-corrected chi connectivity index (χ2v) is 5.96. The zero-order valence-corrected chi connectivity index (χ0v) is 12.1. The molecule has 0 bridgehead atoms. The predicted octanol–water partition coefficient (Wildman–Crippen LogP) is 1.06. The van der Waals surface area contributed by atoms with Crippen molar-refractivity contribution in [2.24, 2.45) is 5.92 Å². The second kappa shape index (κ2) is 6.14. The molecule has 0 radical (unpaired) electrons. The summed E-state index contributed by atoms with van der Waals surface area (Å²) >= 11 is 1.54. The summed E-state index contributed by atoms with van der Waals surface area (Å²) in [6.07, 6.45) is 1.40.